The zero-order valence-electron chi connectivity index (χ0n) is 38.5. The molecule has 5 nitrogen and oxygen atoms in total. The summed E-state index contributed by atoms with van der Waals surface area (Å²) in [5, 5.41) is 0.430. The van der Waals surface area contributed by atoms with Gasteiger partial charge in [0.2, 0.25) is 0 Å². The third-order valence-electron chi connectivity index (χ3n) is 7.89. The van der Waals surface area contributed by atoms with Crippen LogP contribution in [0.1, 0.15) is 34.5 Å². The van der Waals surface area contributed by atoms with Crippen LogP contribution < -0.4 is 14.5 Å². The van der Waals surface area contributed by atoms with Crippen molar-refractivity contribution in [1.82, 2.24) is 9.55 Å². The van der Waals surface area contributed by atoms with Crippen LogP contribution in [0.5, 0.6) is 11.5 Å². The van der Waals surface area contributed by atoms with E-state index in [9.17, 15) is 2.74 Å². The zero-order valence-corrected chi connectivity index (χ0v) is 28.6. The number of ether oxygens (including phenoxy) is 1. The fourth-order valence-electron chi connectivity index (χ4n) is 6.10. The summed E-state index contributed by atoms with van der Waals surface area (Å²) in [5.41, 5.74) is 3.48. The van der Waals surface area contributed by atoms with Crippen LogP contribution in [-0.4, -0.2) is 9.55 Å². The van der Waals surface area contributed by atoms with Crippen LogP contribution in [0.3, 0.4) is 0 Å². The molecule has 7 heteroatoms. The molecular formula is C41H29N4OPtS-3. The van der Waals surface area contributed by atoms with Gasteiger partial charge in [-0.3, -0.25) is 0 Å². The summed E-state index contributed by atoms with van der Waals surface area (Å²) in [6.45, 7) is 7.15. The smallest absolute Gasteiger partial charge is 0.135 e. The molecule has 3 aromatic heterocycles. The van der Waals surface area contributed by atoms with Gasteiger partial charge < -0.3 is 19.1 Å². The molecule has 0 bridgehead atoms. The second-order valence-corrected chi connectivity index (χ2v) is 12.1. The first-order valence-electron chi connectivity index (χ1n) is 21.1. The van der Waals surface area contributed by atoms with E-state index >= 15 is 0 Å². The van der Waals surface area contributed by atoms with E-state index < -0.39 is 53.8 Å². The van der Waals surface area contributed by atoms with Crippen molar-refractivity contribution >= 4 is 64.7 Å². The predicted octanol–water partition coefficient (Wildman–Crippen LogP) is 10.8. The van der Waals surface area contributed by atoms with Crippen LogP contribution in [0, 0.1) is 39.6 Å². The minimum atomic E-state index is -0.591. The Hall–Kier alpha value is -4.90. The van der Waals surface area contributed by atoms with E-state index in [1.807, 2.05) is 32.9 Å². The third kappa shape index (κ3) is 4.99. The van der Waals surface area contributed by atoms with Gasteiger partial charge in [0.15, 0.2) is 0 Å². The van der Waals surface area contributed by atoms with Crippen LogP contribution in [0.15, 0.2) is 115 Å². The van der Waals surface area contributed by atoms with Crippen molar-refractivity contribution in [2.45, 2.75) is 20.8 Å². The van der Waals surface area contributed by atoms with E-state index in [0.717, 1.165) is 28.0 Å². The molecule has 0 fully saturated rings. The molecule has 0 atom stereocenters. The number of nitrogens with zero attached hydrogens (tertiary/aromatic N) is 4. The molecule has 0 aliphatic carbocycles. The molecule has 9 rings (SSSR count). The standard InChI is InChI=1S/C41H29N4OS.Pt/c1-26-21-27(2)40(28(3)22-26)44-20-19-43(25-44)29-9-8-10-30(23-29)46-31-14-15-32-33-16-17-37-39(34-11-4-5-12-36(34)47-37)41(33)45(35(32)24-31)38-13-6-7-18-42-38;/h4-22,25H,1-3H3;/q-3;/i4D,5D,8D,9D,10D,11D,12D,14D,15D,16D,17D,19D,20D;. The molecule has 0 saturated carbocycles. The molecule has 0 radical (unpaired) electrons. The molecule has 238 valence electrons. The number of benzene rings is 5. The Morgan fingerprint density at radius 2 is 1.58 bits per heavy atom. The van der Waals surface area contributed by atoms with Crippen molar-refractivity contribution < 1.29 is 43.6 Å². The average molecular weight is 834 g/mol. The second-order valence-electron chi connectivity index (χ2n) is 11.0. The van der Waals surface area contributed by atoms with Gasteiger partial charge in [-0.15, -0.1) is 59.3 Å². The monoisotopic (exact) mass is 833 g/mol. The summed E-state index contributed by atoms with van der Waals surface area (Å²) in [6.07, 6.45) is 0.973. The molecule has 4 heterocycles. The maximum absolute atomic E-state index is 9.32. The molecule has 1 aliphatic heterocycles. The first-order valence-corrected chi connectivity index (χ1v) is 15.4. The number of thiophene rings is 1. The Bertz CT molecular complexity index is 3240. The molecule has 8 aromatic rings. The van der Waals surface area contributed by atoms with Gasteiger partial charge in [-0.1, -0.05) is 53.4 Å². The Morgan fingerprint density at radius 1 is 0.792 bits per heavy atom. The van der Waals surface area contributed by atoms with E-state index in [2.05, 4.69) is 17.1 Å². The maximum Gasteiger partial charge on any atom is 0.135 e. The largest absolute Gasteiger partial charge is 0.509 e. The van der Waals surface area contributed by atoms with E-state index in [4.69, 9.17) is 19.8 Å². The summed E-state index contributed by atoms with van der Waals surface area (Å²) in [6, 6.07) is 9.96. The van der Waals surface area contributed by atoms with Crippen molar-refractivity contribution in [2.75, 3.05) is 9.80 Å². The summed E-state index contributed by atoms with van der Waals surface area (Å²) >= 11 is 0.957. The fourth-order valence-corrected chi connectivity index (χ4v) is 7.06. The van der Waals surface area contributed by atoms with Crippen LogP contribution in [0.25, 0.3) is 47.8 Å². The van der Waals surface area contributed by atoms with E-state index in [1.165, 1.54) is 27.2 Å². The normalized spacial score (nSPS) is 17.1. The van der Waals surface area contributed by atoms with Gasteiger partial charge in [0.1, 0.15) is 5.82 Å². The molecule has 0 spiro atoms. The van der Waals surface area contributed by atoms with E-state index in [1.54, 1.807) is 18.2 Å². The summed E-state index contributed by atoms with van der Waals surface area (Å²) in [7, 11) is 0. The van der Waals surface area contributed by atoms with Crippen LogP contribution >= 0.6 is 11.3 Å². The van der Waals surface area contributed by atoms with Gasteiger partial charge in [-0.05, 0) is 78.0 Å². The number of aromatic nitrogens is 2. The maximum atomic E-state index is 9.32. The number of hydrogen-bond acceptors (Lipinski definition) is 5. The number of rotatable bonds is 5. The molecule has 0 N–H and O–H groups in total. The Morgan fingerprint density at radius 3 is 2.42 bits per heavy atom. The van der Waals surface area contributed by atoms with Gasteiger partial charge in [0.25, 0.3) is 0 Å². The second kappa shape index (κ2) is 12.0. The third-order valence-corrected chi connectivity index (χ3v) is 8.91. The van der Waals surface area contributed by atoms with Gasteiger partial charge in [-0.2, -0.15) is 12.1 Å². The Labute approximate surface area is 315 Å². The topological polar surface area (TPSA) is 33.5 Å². The van der Waals surface area contributed by atoms with E-state index in [0.29, 0.717) is 5.69 Å². The molecule has 0 saturated heterocycles. The van der Waals surface area contributed by atoms with Gasteiger partial charge in [0.05, 0.1) is 16.5 Å². The molecule has 0 amide bonds. The van der Waals surface area contributed by atoms with Gasteiger partial charge >= 0.3 is 0 Å². The first-order chi connectivity index (χ1) is 28.4. The molecule has 1 aliphatic rings. The number of anilines is 2. The number of hydrogen-bond donors (Lipinski definition) is 0. The zero-order chi connectivity index (χ0) is 43.0. The molecule has 48 heavy (non-hydrogen) atoms. The Balaban J connectivity index is 0.00000514. The van der Waals surface area contributed by atoms with Gasteiger partial charge in [-0.25, -0.2) is 4.98 Å². The minimum Gasteiger partial charge on any atom is -0.509 e. The quantitative estimate of drug-likeness (QED) is 0.162. The Kier molecular flexibility index (Phi) is 4.78. The van der Waals surface area contributed by atoms with Crippen molar-refractivity contribution in [3.8, 4) is 17.3 Å². The van der Waals surface area contributed by atoms with E-state index in [-0.39, 0.29) is 111 Å². The van der Waals surface area contributed by atoms with Crippen molar-refractivity contribution in [3.63, 3.8) is 0 Å². The molecule has 0 unspecified atom stereocenters. The first kappa shape index (κ1) is 19.2. The number of pyridine rings is 1. The predicted molar refractivity (Wildman–Crippen MR) is 195 cm³/mol. The van der Waals surface area contributed by atoms with Crippen molar-refractivity contribution in [3.05, 3.63) is 151 Å². The van der Waals surface area contributed by atoms with Crippen LogP contribution in [0.2, 0.25) is 0 Å². The summed E-state index contributed by atoms with van der Waals surface area (Å²) in [5.74, 6) is -0.570. The summed E-state index contributed by atoms with van der Waals surface area (Å²) in [4.78, 5) is 7.22. The number of fused-ring (bicyclic) bond motifs is 7. The van der Waals surface area contributed by atoms with Crippen LogP contribution in [0.4, 0.5) is 11.4 Å². The average Bonchev–Trinajstić information content (AvgIpc) is 3.87. The number of aryl methyl sites for hydroxylation is 3. The van der Waals surface area contributed by atoms with Gasteiger partial charge in [0, 0.05) is 67.4 Å². The molecular weight excluding hydrogens is 792 g/mol. The van der Waals surface area contributed by atoms with Crippen LogP contribution in [-0.2, 0) is 21.1 Å². The minimum absolute atomic E-state index is 0. The molecule has 5 aromatic carbocycles. The van der Waals surface area contributed by atoms with Crippen molar-refractivity contribution in [2.24, 2.45) is 0 Å². The van der Waals surface area contributed by atoms with Crippen molar-refractivity contribution in [1.29, 1.82) is 0 Å². The fraction of sp³-hybridized carbons (Fsp3) is 0.0732. The SMILES string of the molecule is [2H]C1=C([2H])N(c2c(C)cc(C)cc2C)[CH-]N1c1[c-]c(Oc2[c-]c3c(c([2H])c2[2H])c2c([2H])c([2H])c4sc5c([2H])c([2H])c([2H])c([2H])c5c4c2n3-c2ccccn2)c([2H])c([2H])c1[2H].[Pt]. The summed E-state index contributed by atoms with van der Waals surface area (Å²) < 4.78 is 123.